The van der Waals surface area contributed by atoms with Crippen LogP contribution in [0.4, 0.5) is 17.1 Å². The molecule has 0 bridgehead atoms. The molecule has 0 radical (unpaired) electrons. The van der Waals surface area contributed by atoms with Gasteiger partial charge in [0.15, 0.2) is 5.75 Å². The maximum Gasteiger partial charge on any atom is 0.253 e. The number of sulfonamides is 1. The van der Waals surface area contributed by atoms with Crippen molar-refractivity contribution in [1.29, 1.82) is 0 Å². The summed E-state index contributed by atoms with van der Waals surface area (Å²) in [6.07, 6.45) is 6.96. The first-order chi connectivity index (χ1) is 16.3. The van der Waals surface area contributed by atoms with E-state index in [1.54, 1.807) is 12.5 Å². The van der Waals surface area contributed by atoms with Crippen LogP contribution in [0.3, 0.4) is 0 Å². The predicted molar refractivity (Wildman–Crippen MR) is 136 cm³/mol. The van der Waals surface area contributed by atoms with Gasteiger partial charge >= 0.3 is 0 Å². The minimum absolute atomic E-state index is 0.0551. The lowest BCUT2D eigenvalue weighted by Crippen LogP contribution is -2.44. The summed E-state index contributed by atoms with van der Waals surface area (Å²) >= 11 is 6.06. The number of phenolic OH excluding ortho intramolecular Hbond substituents is 1. The van der Waals surface area contributed by atoms with E-state index >= 15 is 0 Å². The molecule has 9 nitrogen and oxygen atoms in total. The lowest BCUT2D eigenvalue weighted by Gasteiger charge is -2.38. The van der Waals surface area contributed by atoms with Crippen LogP contribution in [0, 0.1) is 5.41 Å². The first-order valence-electron chi connectivity index (χ1n) is 10.9. The fraction of sp³-hybridized carbons (Fsp3) is 0.333. The van der Waals surface area contributed by atoms with Gasteiger partial charge in [-0.2, -0.15) is 0 Å². The van der Waals surface area contributed by atoms with Crippen LogP contribution in [0.5, 0.6) is 5.75 Å². The Morgan fingerprint density at radius 1 is 1.14 bits per heavy atom. The van der Waals surface area contributed by atoms with Crippen molar-refractivity contribution in [2.75, 3.05) is 24.7 Å². The van der Waals surface area contributed by atoms with Gasteiger partial charge in [-0.05, 0) is 42.0 Å². The van der Waals surface area contributed by atoms with E-state index in [1.807, 2.05) is 12.1 Å². The molecule has 1 aliphatic rings. The Kier molecular flexibility index (Phi) is 6.33. The quantitative estimate of drug-likeness (QED) is 0.316. The molecule has 0 amide bonds. The standard InChI is InChI=1S/C24H26ClN3O6S/c1-24(2)9-7-13(14-8-10-34-12-14)11-17(24)27-19-18(21(30)22(19)31)26-16-6-5-15(25)23(20(16)29)35(32,33)28(3)4/h5-6,8,10-12,17,26-27,29H,7,9H2,1-4H3/t17-/m0/s1. The molecular weight excluding hydrogens is 494 g/mol. The highest BCUT2D eigenvalue weighted by molar-refractivity contribution is 7.89. The van der Waals surface area contributed by atoms with Crippen LogP contribution < -0.4 is 21.5 Å². The second-order valence-corrected chi connectivity index (χ2v) is 11.9. The predicted octanol–water partition coefficient (Wildman–Crippen LogP) is 3.91. The number of hydrogen-bond donors (Lipinski definition) is 3. The minimum atomic E-state index is -4.08. The molecule has 3 aromatic rings. The zero-order valence-corrected chi connectivity index (χ0v) is 21.2. The van der Waals surface area contributed by atoms with E-state index in [4.69, 9.17) is 16.0 Å². The fourth-order valence-corrected chi connectivity index (χ4v) is 5.54. The largest absolute Gasteiger partial charge is 0.504 e. The van der Waals surface area contributed by atoms with Crippen molar-refractivity contribution in [1.82, 2.24) is 4.31 Å². The molecule has 1 aliphatic carbocycles. The maximum absolute atomic E-state index is 12.6. The molecule has 1 aromatic heterocycles. The van der Waals surface area contributed by atoms with Gasteiger partial charge < -0.3 is 20.2 Å². The summed E-state index contributed by atoms with van der Waals surface area (Å²) < 4.78 is 31.4. The van der Waals surface area contributed by atoms with Crippen molar-refractivity contribution >= 4 is 44.3 Å². The zero-order valence-electron chi connectivity index (χ0n) is 19.7. The molecule has 1 heterocycles. The monoisotopic (exact) mass is 519 g/mol. The van der Waals surface area contributed by atoms with E-state index in [9.17, 15) is 23.1 Å². The van der Waals surface area contributed by atoms with Crippen LogP contribution in [-0.4, -0.2) is 38.0 Å². The summed E-state index contributed by atoms with van der Waals surface area (Å²) in [4.78, 5) is 24.4. The molecule has 0 unspecified atom stereocenters. The van der Waals surface area contributed by atoms with Crippen molar-refractivity contribution < 1.29 is 17.9 Å². The number of allylic oxidation sites excluding steroid dienone is 1. The van der Waals surface area contributed by atoms with E-state index in [-0.39, 0.29) is 33.5 Å². The molecule has 35 heavy (non-hydrogen) atoms. The Balaban J connectivity index is 1.69. The van der Waals surface area contributed by atoms with Gasteiger partial charge in [-0.25, -0.2) is 12.7 Å². The molecule has 0 saturated carbocycles. The van der Waals surface area contributed by atoms with Crippen LogP contribution in [0.15, 0.2) is 55.7 Å². The van der Waals surface area contributed by atoms with E-state index in [0.717, 1.165) is 28.3 Å². The van der Waals surface area contributed by atoms with Gasteiger partial charge in [0.2, 0.25) is 10.0 Å². The third-order valence-electron chi connectivity index (χ3n) is 6.43. The second-order valence-electron chi connectivity index (χ2n) is 9.41. The average molecular weight is 520 g/mol. The van der Waals surface area contributed by atoms with Gasteiger partial charge in [0, 0.05) is 19.7 Å². The number of furan rings is 1. The van der Waals surface area contributed by atoms with Crippen LogP contribution in [0.25, 0.3) is 5.57 Å². The molecule has 0 fully saturated rings. The molecule has 0 saturated heterocycles. The van der Waals surface area contributed by atoms with Crippen molar-refractivity contribution in [3.05, 3.63) is 67.8 Å². The van der Waals surface area contributed by atoms with Gasteiger partial charge in [0.1, 0.15) is 16.3 Å². The topological polar surface area (TPSA) is 129 Å². The van der Waals surface area contributed by atoms with E-state index in [2.05, 4.69) is 24.5 Å². The SMILES string of the molecule is CN(C)S(=O)(=O)c1c(Cl)ccc(Nc2c(N[C@H]3C=C(c4ccoc4)CCC3(C)C)c(=O)c2=O)c1O. The van der Waals surface area contributed by atoms with E-state index in [0.29, 0.717) is 0 Å². The number of hydrogen-bond acceptors (Lipinski definition) is 8. The molecule has 0 spiro atoms. The Bertz CT molecular complexity index is 1480. The fourth-order valence-electron chi connectivity index (χ4n) is 4.06. The first-order valence-corrected chi connectivity index (χ1v) is 12.7. The number of phenols is 1. The minimum Gasteiger partial charge on any atom is -0.504 e. The third kappa shape index (κ3) is 4.37. The van der Waals surface area contributed by atoms with Crippen molar-refractivity contribution in [2.45, 2.75) is 37.6 Å². The van der Waals surface area contributed by atoms with E-state index < -0.39 is 31.5 Å². The Morgan fingerprint density at radius 3 is 2.46 bits per heavy atom. The number of rotatable bonds is 7. The second kappa shape index (κ2) is 8.85. The average Bonchev–Trinajstić information content (AvgIpc) is 3.32. The molecule has 11 heteroatoms. The molecule has 3 N–H and O–H groups in total. The first kappa shape index (κ1) is 25.0. The van der Waals surface area contributed by atoms with Crippen molar-refractivity contribution in [3.63, 3.8) is 0 Å². The highest BCUT2D eigenvalue weighted by atomic mass is 35.5. The summed E-state index contributed by atoms with van der Waals surface area (Å²) in [6.45, 7) is 4.13. The molecule has 2 aromatic carbocycles. The van der Waals surface area contributed by atoms with Crippen LogP contribution >= 0.6 is 11.6 Å². The maximum atomic E-state index is 12.6. The van der Waals surface area contributed by atoms with Gasteiger partial charge in [-0.3, -0.25) is 9.59 Å². The lowest BCUT2D eigenvalue weighted by molar-refractivity contribution is 0.307. The van der Waals surface area contributed by atoms with Crippen molar-refractivity contribution in [2.24, 2.45) is 5.41 Å². The highest BCUT2D eigenvalue weighted by Crippen LogP contribution is 2.42. The number of aromatic hydroxyl groups is 1. The number of nitrogens with zero attached hydrogens (tertiary/aromatic N) is 1. The third-order valence-corrected chi connectivity index (χ3v) is 8.75. The highest BCUT2D eigenvalue weighted by Gasteiger charge is 2.35. The Morgan fingerprint density at radius 2 is 1.83 bits per heavy atom. The summed E-state index contributed by atoms with van der Waals surface area (Å²) in [7, 11) is -1.46. The van der Waals surface area contributed by atoms with Gasteiger partial charge in [0.05, 0.1) is 29.3 Å². The smallest absolute Gasteiger partial charge is 0.253 e. The number of nitrogens with one attached hydrogen (secondary N) is 2. The van der Waals surface area contributed by atoms with Gasteiger partial charge in [-0.15, -0.1) is 0 Å². The lowest BCUT2D eigenvalue weighted by atomic mass is 9.73. The zero-order chi connectivity index (χ0) is 25.7. The van der Waals surface area contributed by atoms with Gasteiger partial charge in [0.25, 0.3) is 10.9 Å². The molecular formula is C24H26ClN3O6S. The molecule has 186 valence electrons. The summed E-state index contributed by atoms with van der Waals surface area (Å²) in [5.41, 5.74) is 0.286. The summed E-state index contributed by atoms with van der Waals surface area (Å²) in [5.74, 6) is -0.648. The molecule has 4 rings (SSSR count). The van der Waals surface area contributed by atoms with Gasteiger partial charge in [-0.1, -0.05) is 31.5 Å². The van der Waals surface area contributed by atoms with Crippen LogP contribution in [0.1, 0.15) is 32.3 Å². The Labute approximate surface area is 207 Å². The molecule has 0 aliphatic heterocycles. The number of halogens is 1. The van der Waals surface area contributed by atoms with E-state index in [1.165, 1.54) is 26.2 Å². The normalized spacial score (nSPS) is 18.0. The summed E-state index contributed by atoms with van der Waals surface area (Å²) in [5, 5.41) is 16.4. The van der Waals surface area contributed by atoms with Crippen LogP contribution in [-0.2, 0) is 10.0 Å². The molecule has 1 atom stereocenters. The van der Waals surface area contributed by atoms with Crippen LogP contribution in [0.2, 0.25) is 5.02 Å². The number of anilines is 3. The summed E-state index contributed by atoms with van der Waals surface area (Å²) in [6, 6.07) is 4.24. The number of benzene rings is 1. The Hall–Kier alpha value is -3.08. The van der Waals surface area contributed by atoms with Crippen molar-refractivity contribution in [3.8, 4) is 5.75 Å².